The van der Waals surface area contributed by atoms with E-state index in [1.807, 2.05) is 23.1 Å². The fourth-order valence-electron chi connectivity index (χ4n) is 5.64. The Morgan fingerprint density at radius 2 is 1.91 bits per heavy atom. The van der Waals surface area contributed by atoms with Crippen LogP contribution >= 0.6 is 0 Å². The van der Waals surface area contributed by atoms with Crippen LogP contribution in [0, 0.1) is 11.8 Å². The van der Waals surface area contributed by atoms with E-state index in [0.29, 0.717) is 37.4 Å². The van der Waals surface area contributed by atoms with Crippen LogP contribution in [0.1, 0.15) is 11.1 Å². The minimum absolute atomic E-state index is 0.0529. The van der Waals surface area contributed by atoms with Crippen molar-refractivity contribution in [3.63, 3.8) is 0 Å². The second-order valence-electron chi connectivity index (χ2n) is 9.66. The standard InChI is InChI=1S/C26H29N5O3/c32-24(31-15-20-13-30(14-21(20)16-31)22-4-2-1-3-5-22)7-6-18-10-19-12-29-8-9-34-17-23(29)26(33)28-25(19)27-11-18/h1-7,10-11,20-21,23H,8-9,12-17H2,(H,27,28,33)/b7-6+/t20-,21+,23?. The van der Waals surface area contributed by atoms with E-state index < -0.39 is 0 Å². The number of ether oxygens (including phenoxy) is 1. The normalized spacial score (nSPS) is 26.7. The van der Waals surface area contributed by atoms with Gasteiger partial charge in [0, 0.05) is 74.6 Å². The fraction of sp³-hybridized carbons (Fsp3) is 0.423. The average molecular weight is 460 g/mol. The number of nitrogens with one attached hydrogen (secondary N) is 1. The molecule has 3 fully saturated rings. The number of para-hydroxylation sites is 1. The Morgan fingerprint density at radius 1 is 1.12 bits per heavy atom. The largest absolute Gasteiger partial charge is 0.378 e. The lowest BCUT2D eigenvalue weighted by molar-refractivity contribution is -0.127. The number of amides is 2. The van der Waals surface area contributed by atoms with Gasteiger partial charge >= 0.3 is 0 Å². The highest BCUT2D eigenvalue weighted by atomic mass is 16.5. The number of carbonyl (C=O) groups is 2. The van der Waals surface area contributed by atoms with E-state index in [1.165, 1.54) is 5.69 Å². The van der Waals surface area contributed by atoms with E-state index >= 15 is 0 Å². The summed E-state index contributed by atoms with van der Waals surface area (Å²) in [5.41, 5.74) is 3.09. The summed E-state index contributed by atoms with van der Waals surface area (Å²) in [5.74, 6) is 1.62. The number of likely N-dealkylation sites (tertiary alicyclic amines) is 1. The van der Waals surface area contributed by atoms with Gasteiger partial charge < -0.3 is 19.9 Å². The van der Waals surface area contributed by atoms with Crippen molar-refractivity contribution in [1.82, 2.24) is 14.8 Å². The first-order valence-corrected chi connectivity index (χ1v) is 12.0. The first kappa shape index (κ1) is 21.3. The number of pyridine rings is 1. The van der Waals surface area contributed by atoms with E-state index in [9.17, 15) is 9.59 Å². The number of anilines is 2. The van der Waals surface area contributed by atoms with Crippen molar-refractivity contribution in [2.45, 2.75) is 12.6 Å². The molecular weight excluding hydrogens is 430 g/mol. The molecule has 1 aromatic carbocycles. The number of rotatable bonds is 3. The van der Waals surface area contributed by atoms with Crippen LogP contribution in [0.4, 0.5) is 11.5 Å². The Morgan fingerprint density at radius 3 is 2.71 bits per heavy atom. The Balaban J connectivity index is 1.09. The van der Waals surface area contributed by atoms with Crippen molar-refractivity contribution in [2.24, 2.45) is 11.8 Å². The molecule has 1 aromatic heterocycles. The Labute approximate surface area is 199 Å². The summed E-state index contributed by atoms with van der Waals surface area (Å²) in [4.78, 5) is 36.4. The SMILES string of the molecule is O=C1Nc2ncc(/C=C/C(=O)N3C[C@@H]4CN(c5ccccc5)C[C@@H]4C3)cc2CN2CCOCC12. The zero-order valence-corrected chi connectivity index (χ0v) is 19.1. The van der Waals surface area contributed by atoms with Gasteiger partial charge in [0.25, 0.3) is 0 Å². The lowest BCUT2D eigenvalue weighted by atomic mass is 10.0. The first-order chi connectivity index (χ1) is 16.6. The Hall–Kier alpha value is -3.23. The molecular formula is C26H29N5O3. The van der Waals surface area contributed by atoms with E-state index in [-0.39, 0.29) is 17.9 Å². The molecule has 1 N–H and O–H groups in total. The Bertz CT molecular complexity index is 1110. The number of hydrogen-bond donors (Lipinski definition) is 1. The monoisotopic (exact) mass is 459 g/mol. The van der Waals surface area contributed by atoms with Crippen LogP contribution in [0.3, 0.4) is 0 Å². The second-order valence-corrected chi connectivity index (χ2v) is 9.66. The molecule has 176 valence electrons. The quantitative estimate of drug-likeness (QED) is 0.706. The predicted molar refractivity (Wildman–Crippen MR) is 129 cm³/mol. The number of aromatic nitrogens is 1. The van der Waals surface area contributed by atoms with Crippen LogP contribution in [0.25, 0.3) is 6.08 Å². The molecule has 0 saturated carbocycles. The van der Waals surface area contributed by atoms with E-state index in [4.69, 9.17) is 4.74 Å². The summed E-state index contributed by atoms with van der Waals surface area (Å²) < 4.78 is 5.48. The molecule has 2 amide bonds. The van der Waals surface area contributed by atoms with E-state index in [0.717, 1.165) is 43.9 Å². The number of hydrogen-bond acceptors (Lipinski definition) is 6. The van der Waals surface area contributed by atoms with Crippen LogP contribution in [0.2, 0.25) is 0 Å². The second kappa shape index (κ2) is 8.85. The van der Waals surface area contributed by atoms with Gasteiger partial charge in [0.2, 0.25) is 11.8 Å². The number of morpholine rings is 1. The first-order valence-electron chi connectivity index (χ1n) is 12.0. The number of carbonyl (C=O) groups excluding carboxylic acids is 2. The summed E-state index contributed by atoms with van der Waals surface area (Å²) in [6, 6.07) is 12.3. The van der Waals surface area contributed by atoms with Gasteiger partial charge in [0.05, 0.1) is 13.2 Å². The van der Waals surface area contributed by atoms with Crippen molar-refractivity contribution >= 4 is 29.4 Å². The van der Waals surface area contributed by atoms with Gasteiger partial charge in [-0.3, -0.25) is 14.5 Å². The third-order valence-corrected chi connectivity index (χ3v) is 7.48. The molecule has 0 aliphatic carbocycles. The van der Waals surface area contributed by atoms with Crippen LogP contribution in [0.5, 0.6) is 0 Å². The van der Waals surface area contributed by atoms with Crippen molar-refractivity contribution in [1.29, 1.82) is 0 Å². The van der Waals surface area contributed by atoms with Crippen LogP contribution in [-0.2, 0) is 20.9 Å². The molecule has 2 aromatic rings. The number of benzene rings is 1. The summed E-state index contributed by atoms with van der Waals surface area (Å²) >= 11 is 0. The molecule has 5 heterocycles. The molecule has 3 saturated heterocycles. The summed E-state index contributed by atoms with van der Waals surface area (Å²) in [6.07, 6.45) is 5.20. The van der Waals surface area contributed by atoms with Crippen molar-refractivity contribution < 1.29 is 14.3 Å². The summed E-state index contributed by atoms with van der Waals surface area (Å²) in [6.45, 7) is 6.02. The maximum absolute atomic E-state index is 12.9. The highest BCUT2D eigenvalue weighted by molar-refractivity contribution is 5.96. The van der Waals surface area contributed by atoms with Gasteiger partial charge in [-0.2, -0.15) is 0 Å². The predicted octanol–water partition coefficient (Wildman–Crippen LogP) is 1.84. The third-order valence-electron chi connectivity index (χ3n) is 7.48. The summed E-state index contributed by atoms with van der Waals surface area (Å²) in [7, 11) is 0. The lowest BCUT2D eigenvalue weighted by Gasteiger charge is -2.32. The molecule has 0 radical (unpaired) electrons. The van der Waals surface area contributed by atoms with Crippen LogP contribution in [0.15, 0.2) is 48.7 Å². The molecule has 0 spiro atoms. The molecule has 6 rings (SSSR count). The van der Waals surface area contributed by atoms with Gasteiger partial charge in [0.15, 0.2) is 0 Å². The zero-order valence-electron chi connectivity index (χ0n) is 19.1. The molecule has 8 heteroatoms. The smallest absolute Gasteiger partial charge is 0.246 e. The van der Waals surface area contributed by atoms with E-state index in [2.05, 4.69) is 44.4 Å². The topological polar surface area (TPSA) is 78.0 Å². The van der Waals surface area contributed by atoms with Crippen molar-refractivity contribution in [2.75, 3.05) is 56.2 Å². The number of fused-ring (bicyclic) bond motifs is 3. The highest BCUT2D eigenvalue weighted by Gasteiger charge is 2.41. The third kappa shape index (κ3) is 4.08. The molecule has 4 aliphatic rings. The lowest BCUT2D eigenvalue weighted by Crippen LogP contribution is -2.49. The maximum Gasteiger partial charge on any atom is 0.246 e. The molecule has 8 nitrogen and oxygen atoms in total. The minimum atomic E-state index is -0.282. The van der Waals surface area contributed by atoms with Crippen LogP contribution < -0.4 is 10.2 Å². The van der Waals surface area contributed by atoms with Gasteiger partial charge in [-0.1, -0.05) is 18.2 Å². The highest BCUT2D eigenvalue weighted by Crippen LogP contribution is 2.34. The summed E-state index contributed by atoms with van der Waals surface area (Å²) in [5, 5.41) is 2.92. The Kier molecular flexibility index (Phi) is 5.55. The van der Waals surface area contributed by atoms with Gasteiger partial charge in [-0.25, -0.2) is 4.98 Å². The molecule has 3 atom stereocenters. The fourth-order valence-corrected chi connectivity index (χ4v) is 5.64. The molecule has 0 bridgehead atoms. The van der Waals surface area contributed by atoms with Crippen molar-refractivity contribution in [3.8, 4) is 0 Å². The molecule has 34 heavy (non-hydrogen) atoms. The maximum atomic E-state index is 12.9. The van der Waals surface area contributed by atoms with Crippen molar-refractivity contribution in [3.05, 3.63) is 59.8 Å². The number of nitrogens with zero attached hydrogens (tertiary/aromatic N) is 4. The zero-order chi connectivity index (χ0) is 23.1. The molecule has 1 unspecified atom stereocenters. The van der Waals surface area contributed by atoms with Gasteiger partial charge in [-0.15, -0.1) is 0 Å². The average Bonchev–Trinajstić information content (AvgIpc) is 3.40. The van der Waals surface area contributed by atoms with E-state index in [1.54, 1.807) is 12.3 Å². The minimum Gasteiger partial charge on any atom is -0.378 e. The van der Waals surface area contributed by atoms with Gasteiger partial charge in [0.1, 0.15) is 11.9 Å². The van der Waals surface area contributed by atoms with Gasteiger partial charge in [-0.05, 0) is 29.8 Å². The van der Waals surface area contributed by atoms with Crippen LogP contribution in [-0.4, -0.2) is 78.6 Å². The molecule has 4 aliphatic heterocycles.